The van der Waals surface area contributed by atoms with Crippen LogP contribution < -0.4 is 5.32 Å². The van der Waals surface area contributed by atoms with E-state index in [0.717, 1.165) is 11.1 Å². The Bertz CT molecular complexity index is 667. The second-order valence-electron chi connectivity index (χ2n) is 5.71. The minimum Gasteiger partial charge on any atom is -0.338 e. The lowest BCUT2D eigenvalue weighted by Gasteiger charge is -2.14. The number of alkyl halides is 1. The molecule has 2 rings (SSSR count). The van der Waals surface area contributed by atoms with Crippen molar-refractivity contribution in [3.05, 3.63) is 71.8 Å². The molecule has 0 fully saturated rings. The Balaban J connectivity index is 1.77. The molecule has 124 valence electrons. The topological polar surface area (TPSA) is 52.9 Å². The lowest BCUT2D eigenvalue weighted by atomic mass is 10.0. The van der Waals surface area contributed by atoms with E-state index >= 15 is 0 Å². The van der Waals surface area contributed by atoms with Gasteiger partial charge in [-0.2, -0.15) is 5.26 Å². The fourth-order valence-electron chi connectivity index (χ4n) is 2.46. The summed E-state index contributed by atoms with van der Waals surface area (Å²) in [5.41, 5.74) is 2.08. The number of aryl methyl sites for hydroxylation is 2. The van der Waals surface area contributed by atoms with Gasteiger partial charge in [0.2, 0.25) is 0 Å². The maximum absolute atomic E-state index is 14.0. The van der Waals surface area contributed by atoms with Crippen LogP contribution in [-0.4, -0.2) is 18.1 Å². The number of halogens is 1. The molecule has 2 aromatic carbocycles. The van der Waals surface area contributed by atoms with E-state index in [1.165, 1.54) is 0 Å². The first-order chi connectivity index (χ1) is 11.7. The molecule has 24 heavy (non-hydrogen) atoms. The van der Waals surface area contributed by atoms with Gasteiger partial charge in [0.05, 0.1) is 6.07 Å². The Labute approximate surface area is 142 Å². The fourth-order valence-corrected chi connectivity index (χ4v) is 2.46. The average Bonchev–Trinajstić information content (AvgIpc) is 2.64. The highest BCUT2D eigenvalue weighted by atomic mass is 19.1. The predicted octanol–water partition coefficient (Wildman–Crippen LogP) is 3.60. The number of rotatable bonds is 8. The molecule has 0 spiro atoms. The van der Waals surface area contributed by atoms with Gasteiger partial charge in [-0.05, 0) is 36.8 Å². The van der Waals surface area contributed by atoms with Crippen LogP contribution in [0.15, 0.2) is 60.7 Å². The molecule has 0 saturated carbocycles. The molecular weight excluding hydrogens is 303 g/mol. The molecule has 3 nitrogen and oxygen atoms in total. The Kier molecular flexibility index (Phi) is 6.97. The van der Waals surface area contributed by atoms with Crippen LogP contribution in [0.2, 0.25) is 0 Å². The summed E-state index contributed by atoms with van der Waals surface area (Å²) in [4.78, 5) is 11.9. The number of carbonyl (C=O) groups is 1. The molecular formula is C20H21FN2O. The van der Waals surface area contributed by atoms with Crippen molar-refractivity contribution in [2.24, 2.45) is 0 Å². The van der Waals surface area contributed by atoms with Crippen molar-refractivity contribution in [1.82, 2.24) is 5.32 Å². The maximum atomic E-state index is 14.0. The highest BCUT2D eigenvalue weighted by Gasteiger charge is 2.20. The van der Waals surface area contributed by atoms with Crippen molar-refractivity contribution < 1.29 is 9.18 Å². The fraction of sp³-hybridized carbons (Fsp3) is 0.300. The third kappa shape index (κ3) is 5.85. The number of nitriles is 1. The quantitative estimate of drug-likeness (QED) is 0.806. The van der Waals surface area contributed by atoms with Crippen molar-refractivity contribution in [2.45, 2.75) is 37.9 Å². The van der Waals surface area contributed by atoms with E-state index < -0.39 is 18.1 Å². The SMILES string of the molecule is N#C[C@H](CCc1ccccc1)NC(=O)[C@@H](F)CCc1ccccc1. The van der Waals surface area contributed by atoms with E-state index in [0.29, 0.717) is 19.3 Å². The lowest BCUT2D eigenvalue weighted by Crippen LogP contribution is -2.39. The van der Waals surface area contributed by atoms with Crippen molar-refractivity contribution in [3.63, 3.8) is 0 Å². The van der Waals surface area contributed by atoms with E-state index in [1.807, 2.05) is 66.7 Å². The zero-order valence-electron chi connectivity index (χ0n) is 13.5. The van der Waals surface area contributed by atoms with Gasteiger partial charge in [-0.15, -0.1) is 0 Å². The Morgan fingerprint density at radius 1 is 0.958 bits per heavy atom. The average molecular weight is 324 g/mol. The molecule has 1 amide bonds. The van der Waals surface area contributed by atoms with Crippen LogP contribution in [0.4, 0.5) is 4.39 Å². The normalized spacial score (nSPS) is 12.8. The molecule has 0 radical (unpaired) electrons. The summed E-state index contributed by atoms with van der Waals surface area (Å²) in [7, 11) is 0. The van der Waals surface area contributed by atoms with Gasteiger partial charge in [-0.1, -0.05) is 60.7 Å². The van der Waals surface area contributed by atoms with Gasteiger partial charge in [0.25, 0.3) is 5.91 Å². The van der Waals surface area contributed by atoms with Crippen LogP contribution in [0.5, 0.6) is 0 Å². The zero-order chi connectivity index (χ0) is 17.2. The Morgan fingerprint density at radius 3 is 1.96 bits per heavy atom. The summed E-state index contributed by atoms with van der Waals surface area (Å²) in [6.07, 6.45) is 0.152. The van der Waals surface area contributed by atoms with Gasteiger partial charge < -0.3 is 5.32 Å². The third-order valence-electron chi connectivity index (χ3n) is 3.85. The Hall–Kier alpha value is -2.67. The molecule has 0 aliphatic heterocycles. The molecule has 0 aliphatic rings. The van der Waals surface area contributed by atoms with Gasteiger partial charge >= 0.3 is 0 Å². The van der Waals surface area contributed by atoms with Crippen LogP contribution in [0.3, 0.4) is 0 Å². The Morgan fingerprint density at radius 2 is 1.46 bits per heavy atom. The summed E-state index contributed by atoms with van der Waals surface area (Å²) in [6.45, 7) is 0. The van der Waals surface area contributed by atoms with Gasteiger partial charge in [0, 0.05) is 0 Å². The molecule has 0 saturated heterocycles. The smallest absolute Gasteiger partial charge is 0.255 e. The zero-order valence-corrected chi connectivity index (χ0v) is 13.5. The van der Waals surface area contributed by atoms with Crippen molar-refractivity contribution in [1.29, 1.82) is 5.26 Å². The predicted molar refractivity (Wildman–Crippen MR) is 92.0 cm³/mol. The van der Waals surface area contributed by atoms with E-state index in [9.17, 15) is 9.18 Å². The first-order valence-electron chi connectivity index (χ1n) is 8.11. The highest BCUT2D eigenvalue weighted by molar-refractivity contribution is 5.81. The molecule has 0 aromatic heterocycles. The first kappa shape index (κ1) is 17.7. The second kappa shape index (κ2) is 9.46. The van der Waals surface area contributed by atoms with Crippen molar-refractivity contribution >= 4 is 5.91 Å². The summed E-state index contributed by atoms with van der Waals surface area (Å²) in [6, 6.07) is 20.6. The van der Waals surface area contributed by atoms with E-state index in [2.05, 4.69) is 5.32 Å². The third-order valence-corrected chi connectivity index (χ3v) is 3.85. The standard InChI is InChI=1S/C20H21FN2O/c21-19(14-12-17-9-5-2-6-10-17)20(24)23-18(15-22)13-11-16-7-3-1-4-8-16/h1-10,18-19H,11-14H2,(H,23,24)/t18-,19-/m0/s1. The summed E-state index contributed by atoms with van der Waals surface area (Å²) in [5, 5.41) is 11.7. The molecule has 1 N–H and O–H groups in total. The molecule has 4 heteroatoms. The molecule has 0 heterocycles. The van der Waals surface area contributed by atoms with E-state index in [-0.39, 0.29) is 6.42 Å². The van der Waals surface area contributed by atoms with Crippen LogP contribution in [0.25, 0.3) is 0 Å². The van der Waals surface area contributed by atoms with Gasteiger partial charge in [0.1, 0.15) is 6.04 Å². The first-order valence-corrected chi connectivity index (χ1v) is 8.11. The van der Waals surface area contributed by atoms with E-state index in [1.54, 1.807) is 0 Å². The van der Waals surface area contributed by atoms with Crippen molar-refractivity contribution in [3.8, 4) is 6.07 Å². The number of amides is 1. The van der Waals surface area contributed by atoms with Crippen molar-refractivity contribution in [2.75, 3.05) is 0 Å². The van der Waals surface area contributed by atoms with Gasteiger partial charge in [-0.25, -0.2) is 4.39 Å². The maximum Gasteiger partial charge on any atom is 0.255 e. The summed E-state index contributed by atoms with van der Waals surface area (Å²) >= 11 is 0. The second-order valence-corrected chi connectivity index (χ2v) is 5.71. The minimum atomic E-state index is -1.60. The largest absolute Gasteiger partial charge is 0.338 e. The molecule has 0 bridgehead atoms. The van der Waals surface area contributed by atoms with Gasteiger partial charge in [-0.3, -0.25) is 4.79 Å². The number of benzene rings is 2. The number of nitrogens with one attached hydrogen (secondary N) is 1. The summed E-state index contributed by atoms with van der Waals surface area (Å²) < 4.78 is 14.0. The minimum absolute atomic E-state index is 0.118. The van der Waals surface area contributed by atoms with E-state index in [4.69, 9.17) is 5.26 Å². The molecule has 2 aromatic rings. The van der Waals surface area contributed by atoms with Crippen LogP contribution in [0, 0.1) is 11.3 Å². The van der Waals surface area contributed by atoms with Gasteiger partial charge in [0.15, 0.2) is 6.17 Å². The highest BCUT2D eigenvalue weighted by Crippen LogP contribution is 2.09. The van der Waals surface area contributed by atoms with Crippen LogP contribution in [0.1, 0.15) is 24.0 Å². The van der Waals surface area contributed by atoms with Crippen LogP contribution in [-0.2, 0) is 17.6 Å². The number of hydrogen-bond donors (Lipinski definition) is 1. The molecule has 0 unspecified atom stereocenters. The molecule has 2 atom stereocenters. The summed E-state index contributed by atoms with van der Waals surface area (Å²) in [5.74, 6) is -0.703. The number of hydrogen-bond acceptors (Lipinski definition) is 2. The van der Waals surface area contributed by atoms with Crippen LogP contribution >= 0.6 is 0 Å². The molecule has 0 aliphatic carbocycles. The lowest BCUT2D eigenvalue weighted by molar-refractivity contribution is -0.126. The number of carbonyl (C=O) groups excluding carboxylic acids is 1. The monoisotopic (exact) mass is 324 g/mol. The number of nitrogens with zero attached hydrogens (tertiary/aromatic N) is 1.